The van der Waals surface area contributed by atoms with Crippen molar-refractivity contribution in [3.8, 4) is 5.75 Å². The second-order valence-electron chi connectivity index (χ2n) is 3.47. The van der Waals surface area contributed by atoms with E-state index in [1.807, 2.05) is 12.1 Å². The third kappa shape index (κ3) is 3.21. The molecule has 0 radical (unpaired) electrons. The lowest BCUT2D eigenvalue weighted by molar-refractivity contribution is -0.119. The van der Waals surface area contributed by atoms with E-state index in [1.165, 1.54) is 0 Å². The second kappa shape index (κ2) is 5.86. The predicted molar refractivity (Wildman–Crippen MR) is 67.5 cm³/mol. The molecule has 1 aromatic carbocycles. The van der Waals surface area contributed by atoms with Crippen LogP contribution >= 0.6 is 15.9 Å². The first kappa shape index (κ1) is 13.0. The van der Waals surface area contributed by atoms with Gasteiger partial charge in [0.05, 0.1) is 12.8 Å². The highest BCUT2D eigenvalue weighted by atomic mass is 79.9. The fourth-order valence-corrected chi connectivity index (χ4v) is 1.44. The van der Waals surface area contributed by atoms with Gasteiger partial charge in [0.15, 0.2) is 0 Å². The number of hydrogen-bond donors (Lipinski definition) is 2. The Hall–Kier alpha value is -1.07. The van der Waals surface area contributed by atoms with Gasteiger partial charge in [-0.05, 0) is 28.1 Å². The number of amides is 1. The van der Waals surface area contributed by atoms with Gasteiger partial charge in [-0.25, -0.2) is 0 Å². The lowest BCUT2D eigenvalue weighted by Gasteiger charge is -2.12. The van der Waals surface area contributed by atoms with E-state index in [-0.39, 0.29) is 11.8 Å². The SMILES string of the molecule is COc1ccc(Br)c(NC(=O)C(C)CN)c1. The van der Waals surface area contributed by atoms with Crippen molar-refractivity contribution in [2.75, 3.05) is 19.0 Å². The molecule has 0 heterocycles. The third-order valence-electron chi connectivity index (χ3n) is 2.23. The molecule has 0 spiro atoms. The standard InChI is InChI=1S/C11H15BrN2O2/c1-7(6-13)11(15)14-10-5-8(16-2)3-4-9(10)12/h3-5,7H,6,13H2,1-2H3,(H,14,15). The topological polar surface area (TPSA) is 64.3 Å². The molecule has 1 unspecified atom stereocenters. The van der Waals surface area contributed by atoms with Crippen LogP contribution in [-0.2, 0) is 4.79 Å². The van der Waals surface area contributed by atoms with Crippen molar-refractivity contribution in [1.29, 1.82) is 0 Å². The number of anilines is 1. The molecule has 0 saturated heterocycles. The molecule has 3 N–H and O–H groups in total. The molecule has 0 saturated carbocycles. The van der Waals surface area contributed by atoms with Gasteiger partial charge in [0.1, 0.15) is 5.75 Å². The number of halogens is 1. The van der Waals surface area contributed by atoms with Crippen molar-refractivity contribution < 1.29 is 9.53 Å². The van der Waals surface area contributed by atoms with Gasteiger partial charge in [-0.2, -0.15) is 0 Å². The molecule has 0 aromatic heterocycles. The van der Waals surface area contributed by atoms with Crippen LogP contribution < -0.4 is 15.8 Å². The van der Waals surface area contributed by atoms with E-state index in [0.29, 0.717) is 18.0 Å². The molecular weight excluding hydrogens is 272 g/mol. The molecule has 0 bridgehead atoms. The number of hydrogen-bond acceptors (Lipinski definition) is 3. The molecule has 0 aliphatic carbocycles. The van der Waals surface area contributed by atoms with Gasteiger partial charge in [-0.3, -0.25) is 4.79 Å². The monoisotopic (exact) mass is 286 g/mol. The third-order valence-corrected chi connectivity index (χ3v) is 2.92. The van der Waals surface area contributed by atoms with E-state index in [0.717, 1.165) is 4.47 Å². The molecule has 16 heavy (non-hydrogen) atoms. The molecule has 1 aromatic rings. The minimum Gasteiger partial charge on any atom is -0.497 e. The summed E-state index contributed by atoms with van der Waals surface area (Å²) in [5.74, 6) is 0.383. The van der Waals surface area contributed by atoms with Crippen LogP contribution in [0.1, 0.15) is 6.92 Å². The van der Waals surface area contributed by atoms with Gasteiger partial charge in [0, 0.05) is 23.0 Å². The van der Waals surface area contributed by atoms with Crippen molar-refractivity contribution in [2.24, 2.45) is 11.7 Å². The van der Waals surface area contributed by atoms with Crippen LogP contribution in [0.15, 0.2) is 22.7 Å². The zero-order valence-electron chi connectivity index (χ0n) is 9.29. The Kier molecular flexibility index (Phi) is 4.76. The van der Waals surface area contributed by atoms with Gasteiger partial charge in [-0.1, -0.05) is 6.92 Å². The smallest absolute Gasteiger partial charge is 0.228 e. The second-order valence-corrected chi connectivity index (χ2v) is 4.33. The normalized spacial score (nSPS) is 12.0. The lowest BCUT2D eigenvalue weighted by atomic mass is 10.1. The zero-order chi connectivity index (χ0) is 12.1. The van der Waals surface area contributed by atoms with Crippen LogP contribution in [0.3, 0.4) is 0 Å². The summed E-state index contributed by atoms with van der Waals surface area (Å²) < 4.78 is 5.89. The highest BCUT2D eigenvalue weighted by Crippen LogP contribution is 2.27. The average molecular weight is 287 g/mol. The Balaban J connectivity index is 2.83. The van der Waals surface area contributed by atoms with Crippen LogP contribution in [0.4, 0.5) is 5.69 Å². The number of benzene rings is 1. The van der Waals surface area contributed by atoms with Crippen LogP contribution in [0.2, 0.25) is 0 Å². The summed E-state index contributed by atoms with van der Waals surface area (Å²) in [6, 6.07) is 5.39. The number of nitrogens with one attached hydrogen (secondary N) is 1. The predicted octanol–water partition coefficient (Wildman–Crippen LogP) is 1.99. The molecule has 0 aliphatic rings. The molecule has 5 heteroatoms. The maximum Gasteiger partial charge on any atom is 0.228 e. The van der Waals surface area contributed by atoms with Crippen LogP contribution in [0, 0.1) is 5.92 Å². The molecular formula is C11H15BrN2O2. The molecule has 0 fully saturated rings. The van der Waals surface area contributed by atoms with Gasteiger partial charge in [-0.15, -0.1) is 0 Å². The highest BCUT2D eigenvalue weighted by molar-refractivity contribution is 9.10. The van der Waals surface area contributed by atoms with Crippen molar-refractivity contribution in [3.63, 3.8) is 0 Å². The highest BCUT2D eigenvalue weighted by Gasteiger charge is 2.12. The molecule has 1 rings (SSSR count). The number of methoxy groups -OCH3 is 1. The minimum absolute atomic E-state index is 0.101. The number of rotatable bonds is 4. The maximum absolute atomic E-state index is 11.6. The summed E-state index contributed by atoms with van der Waals surface area (Å²) in [5.41, 5.74) is 6.11. The van der Waals surface area contributed by atoms with E-state index >= 15 is 0 Å². The summed E-state index contributed by atoms with van der Waals surface area (Å²) in [6.45, 7) is 2.11. The van der Waals surface area contributed by atoms with Crippen LogP contribution in [0.5, 0.6) is 5.75 Å². The van der Waals surface area contributed by atoms with E-state index in [2.05, 4.69) is 21.2 Å². The molecule has 1 atom stereocenters. The fraction of sp³-hybridized carbons (Fsp3) is 0.364. The Morgan fingerprint density at radius 3 is 2.88 bits per heavy atom. The molecule has 0 aliphatic heterocycles. The van der Waals surface area contributed by atoms with Gasteiger partial charge < -0.3 is 15.8 Å². The van der Waals surface area contributed by atoms with E-state index in [9.17, 15) is 4.79 Å². The Morgan fingerprint density at radius 1 is 1.62 bits per heavy atom. The molecule has 1 amide bonds. The summed E-state index contributed by atoms with van der Waals surface area (Å²) in [7, 11) is 1.58. The Bertz CT molecular complexity index is 382. The van der Waals surface area contributed by atoms with E-state index in [1.54, 1.807) is 20.1 Å². The molecule has 88 valence electrons. The quantitative estimate of drug-likeness (QED) is 0.890. The lowest BCUT2D eigenvalue weighted by Crippen LogP contribution is -2.26. The fourth-order valence-electron chi connectivity index (χ4n) is 1.09. The Morgan fingerprint density at radius 2 is 2.31 bits per heavy atom. The number of carbonyl (C=O) groups excluding carboxylic acids is 1. The molecule has 4 nitrogen and oxygen atoms in total. The zero-order valence-corrected chi connectivity index (χ0v) is 10.9. The first-order valence-corrected chi connectivity index (χ1v) is 5.72. The van der Waals surface area contributed by atoms with Crippen molar-refractivity contribution >= 4 is 27.5 Å². The number of ether oxygens (including phenoxy) is 1. The van der Waals surface area contributed by atoms with Crippen molar-refractivity contribution in [3.05, 3.63) is 22.7 Å². The van der Waals surface area contributed by atoms with Crippen molar-refractivity contribution in [1.82, 2.24) is 0 Å². The van der Waals surface area contributed by atoms with Crippen LogP contribution in [-0.4, -0.2) is 19.6 Å². The Labute approximate surface area is 103 Å². The van der Waals surface area contributed by atoms with Gasteiger partial charge in [0.2, 0.25) is 5.91 Å². The average Bonchev–Trinajstić information content (AvgIpc) is 2.30. The summed E-state index contributed by atoms with van der Waals surface area (Å²) in [5, 5.41) is 2.79. The van der Waals surface area contributed by atoms with E-state index in [4.69, 9.17) is 10.5 Å². The summed E-state index contributed by atoms with van der Waals surface area (Å²) >= 11 is 3.36. The number of carbonyl (C=O) groups is 1. The minimum atomic E-state index is -0.210. The van der Waals surface area contributed by atoms with Crippen LogP contribution in [0.25, 0.3) is 0 Å². The first-order chi connectivity index (χ1) is 7.58. The van der Waals surface area contributed by atoms with E-state index < -0.39 is 0 Å². The summed E-state index contributed by atoms with van der Waals surface area (Å²) in [4.78, 5) is 11.6. The number of nitrogens with two attached hydrogens (primary N) is 1. The largest absolute Gasteiger partial charge is 0.497 e. The maximum atomic E-state index is 11.6. The first-order valence-electron chi connectivity index (χ1n) is 4.93. The van der Waals surface area contributed by atoms with Gasteiger partial charge >= 0.3 is 0 Å². The van der Waals surface area contributed by atoms with Gasteiger partial charge in [0.25, 0.3) is 0 Å². The van der Waals surface area contributed by atoms with Crippen molar-refractivity contribution in [2.45, 2.75) is 6.92 Å². The summed E-state index contributed by atoms with van der Waals surface area (Å²) in [6.07, 6.45) is 0.